The van der Waals surface area contributed by atoms with Crippen LogP contribution < -0.4 is 15.9 Å². The summed E-state index contributed by atoms with van der Waals surface area (Å²) < 4.78 is 38.6. The lowest BCUT2D eigenvalue weighted by Gasteiger charge is -2.12. The number of esters is 1. The number of aryl methyl sites for hydroxylation is 1. The van der Waals surface area contributed by atoms with E-state index in [4.69, 9.17) is 38.9 Å². The fraction of sp³-hybridized carbons (Fsp3) is 0.172. The third-order valence-electron chi connectivity index (χ3n) is 6.04. The first-order chi connectivity index (χ1) is 20.3. The fourth-order valence-corrected chi connectivity index (χ4v) is 6.11. The second-order valence-electron chi connectivity index (χ2n) is 9.81. The van der Waals surface area contributed by atoms with Crippen LogP contribution in [0.4, 0.5) is 10.5 Å². The van der Waals surface area contributed by atoms with Gasteiger partial charge in [0.2, 0.25) is 5.71 Å². The molecule has 14 heteroatoms. The first-order valence-electron chi connectivity index (χ1n) is 12.7. The molecule has 4 aromatic rings. The molecule has 3 N–H and O–H groups in total. The van der Waals surface area contributed by atoms with Gasteiger partial charge in [-0.25, -0.2) is 22.0 Å². The van der Waals surface area contributed by atoms with E-state index in [1.165, 1.54) is 22.2 Å². The van der Waals surface area contributed by atoms with Crippen LogP contribution in [0, 0.1) is 24.2 Å². The summed E-state index contributed by atoms with van der Waals surface area (Å²) >= 11 is 12.9. The molecule has 0 fully saturated rings. The molecular weight excluding hydrogens is 617 g/mol. The van der Waals surface area contributed by atoms with Crippen molar-refractivity contribution in [1.82, 2.24) is 3.97 Å². The van der Waals surface area contributed by atoms with E-state index < -0.39 is 27.8 Å². The average molecular weight is 643 g/mol. The number of hydrazone groups is 1. The minimum absolute atomic E-state index is 0.0606. The molecule has 4 rings (SSSR count). The van der Waals surface area contributed by atoms with Crippen LogP contribution in [0.1, 0.15) is 25.0 Å². The number of benzene rings is 3. The predicted molar refractivity (Wildman–Crippen MR) is 163 cm³/mol. The highest BCUT2D eigenvalue weighted by Crippen LogP contribution is 2.40. The van der Waals surface area contributed by atoms with Crippen molar-refractivity contribution in [3.05, 3.63) is 82.0 Å². The normalized spacial score (nSPS) is 11.8. The van der Waals surface area contributed by atoms with Crippen molar-refractivity contribution in [2.45, 2.75) is 32.1 Å². The standard InChI is InChI=1S/C29H25Cl2N5O6S/c1-16(2)10-18-15-36(43(39,40)21-7-4-17(3)5-8-21)26-9-6-20(13-22(18)26)41-27-23(30)11-19(12-24(27)31)34-35-25(14-32)28(37)42-29(33)38/h4-9,11-13,15-16,34H,10H2,1-3H3,(H2,33,38). The highest BCUT2D eigenvalue weighted by molar-refractivity contribution is 7.90. The second kappa shape index (κ2) is 12.7. The third kappa shape index (κ3) is 7.09. The molecule has 0 aliphatic carbocycles. The quantitative estimate of drug-likeness (QED) is 0.0916. The van der Waals surface area contributed by atoms with Crippen LogP contribution in [0.15, 0.2) is 70.8 Å². The molecule has 0 saturated carbocycles. The van der Waals surface area contributed by atoms with Gasteiger partial charge in [-0.2, -0.15) is 10.4 Å². The number of anilines is 1. The molecule has 1 aromatic heterocycles. The molecule has 3 aromatic carbocycles. The van der Waals surface area contributed by atoms with Crippen LogP contribution in [-0.4, -0.2) is 30.2 Å². The summed E-state index contributed by atoms with van der Waals surface area (Å²) in [5.41, 5.74) is 8.89. The zero-order chi connectivity index (χ0) is 31.5. The van der Waals surface area contributed by atoms with E-state index in [0.717, 1.165) is 11.1 Å². The van der Waals surface area contributed by atoms with Gasteiger partial charge in [-0.1, -0.05) is 54.7 Å². The van der Waals surface area contributed by atoms with Crippen molar-refractivity contribution in [3.63, 3.8) is 0 Å². The molecule has 0 saturated heterocycles. The Morgan fingerprint density at radius 2 is 1.74 bits per heavy atom. The maximum atomic E-state index is 13.6. The van der Waals surface area contributed by atoms with E-state index in [-0.39, 0.29) is 32.3 Å². The zero-order valence-electron chi connectivity index (χ0n) is 23.1. The van der Waals surface area contributed by atoms with Gasteiger partial charge in [0.1, 0.15) is 11.8 Å². The van der Waals surface area contributed by atoms with Gasteiger partial charge in [0, 0.05) is 11.6 Å². The lowest BCUT2D eigenvalue weighted by atomic mass is 10.0. The van der Waals surface area contributed by atoms with E-state index in [1.807, 2.05) is 20.8 Å². The Morgan fingerprint density at radius 3 is 2.33 bits per heavy atom. The topological polar surface area (TPSA) is 166 Å². The number of carbonyl (C=O) groups is 2. The highest BCUT2D eigenvalue weighted by Gasteiger charge is 2.23. The van der Waals surface area contributed by atoms with Crippen LogP contribution in [0.25, 0.3) is 10.9 Å². The van der Waals surface area contributed by atoms with Gasteiger partial charge >= 0.3 is 12.1 Å². The van der Waals surface area contributed by atoms with Crippen molar-refractivity contribution < 1.29 is 27.5 Å². The van der Waals surface area contributed by atoms with E-state index >= 15 is 0 Å². The number of fused-ring (bicyclic) bond motifs is 1. The number of carbonyl (C=O) groups excluding carboxylic acids is 2. The number of hydrogen-bond acceptors (Lipinski definition) is 9. The Hall–Kier alpha value is -4.57. The summed E-state index contributed by atoms with van der Waals surface area (Å²) in [5.74, 6) is -0.640. The van der Waals surface area contributed by atoms with Crippen molar-refractivity contribution in [2.75, 3.05) is 5.43 Å². The average Bonchev–Trinajstić information content (AvgIpc) is 3.28. The largest absolute Gasteiger partial charge is 0.454 e. The molecule has 0 spiro atoms. The monoisotopic (exact) mass is 641 g/mol. The summed E-state index contributed by atoms with van der Waals surface area (Å²) in [6.45, 7) is 5.96. The number of primary amides is 1. The van der Waals surface area contributed by atoms with E-state index in [1.54, 1.807) is 48.7 Å². The van der Waals surface area contributed by atoms with Gasteiger partial charge in [0.25, 0.3) is 10.0 Å². The molecule has 0 atom stereocenters. The summed E-state index contributed by atoms with van der Waals surface area (Å²) in [5, 5.41) is 13.5. The van der Waals surface area contributed by atoms with Gasteiger partial charge in [0.05, 0.1) is 26.1 Å². The number of halogens is 2. The molecule has 0 radical (unpaired) electrons. The summed E-state index contributed by atoms with van der Waals surface area (Å²) in [7, 11) is -3.87. The minimum atomic E-state index is -3.87. The Labute approximate surface area is 257 Å². The number of ether oxygens (including phenoxy) is 2. The van der Waals surface area contributed by atoms with Crippen molar-refractivity contribution in [2.24, 2.45) is 16.8 Å². The Bertz CT molecular complexity index is 1890. The number of rotatable bonds is 9. The lowest BCUT2D eigenvalue weighted by molar-refractivity contribution is -0.129. The number of amides is 1. The number of nitriles is 1. The number of nitrogens with one attached hydrogen (secondary N) is 1. The maximum absolute atomic E-state index is 13.6. The van der Waals surface area contributed by atoms with Gasteiger partial charge in [-0.15, -0.1) is 0 Å². The molecule has 222 valence electrons. The number of nitrogens with zero attached hydrogens (tertiary/aromatic N) is 3. The second-order valence-corrected chi connectivity index (χ2v) is 12.4. The van der Waals surface area contributed by atoms with Crippen LogP contribution in [-0.2, 0) is 26.0 Å². The van der Waals surface area contributed by atoms with Crippen molar-refractivity contribution in [1.29, 1.82) is 5.26 Å². The van der Waals surface area contributed by atoms with Gasteiger partial charge in [0.15, 0.2) is 5.75 Å². The zero-order valence-corrected chi connectivity index (χ0v) is 25.4. The van der Waals surface area contributed by atoms with Crippen LogP contribution in [0.3, 0.4) is 0 Å². The van der Waals surface area contributed by atoms with E-state index in [0.29, 0.717) is 23.1 Å². The molecule has 0 aliphatic heterocycles. The van der Waals surface area contributed by atoms with E-state index in [9.17, 15) is 18.0 Å². The molecule has 1 heterocycles. The molecule has 0 bridgehead atoms. The van der Waals surface area contributed by atoms with Crippen LogP contribution >= 0.6 is 23.2 Å². The Kier molecular flexibility index (Phi) is 9.30. The summed E-state index contributed by atoms with van der Waals surface area (Å²) in [6.07, 6.45) is 0.870. The van der Waals surface area contributed by atoms with Crippen molar-refractivity contribution in [3.8, 4) is 17.6 Å². The minimum Gasteiger partial charge on any atom is -0.454 e. The van der Waals surface area contributed by atoms with Gasteiger partial charge < -0.3 is 15.2 Å². The first-order valence-corrected chi connectivity index (χ1v) is 14.9. The molecule has 0 unspecified atom stereocenters. The number of nitrogens with two attached hydrogens (primary N) is 1. The summed E-state index contributed by atoms with van der Waals surface area (Å²) in [4.78, 5) is 22.6. The maximum Gasteiger partial charge on any atom is 0.412 e. The predicted octanol–water partition coefficient (Wildman–Crippen LogP) is 6.40. The third-order valence-corrected chi connectivity index (χ3v) is 8.29. The number of hydrogen-bond donors (Lipinski definition) is 2. The lowest BCUT2D eigenvalue weighted by Crippen LogP contribution is -2.24. The fourth-order valence-electron chi connectivity index (χ4n) is 4.15. The Balaban J connectivity index is 1.67. The first kappa shape index (κ1) is 31.4. The molecular formula is C29H25Cl2N5O6S. The van der Waals surface area contributed by atoms with Crippen molar-refractivity contribution >= 4 is 67.6 Å². The molecule has 1 amide bonds. The van der Waals surface area contributed by atoms with E-state index in [2.05, 4.69) is 15.3 Å². The van der Waals surface area contributed by atoms with Gasteiger partial charge in [-0.3, -0.25) is 5.43 Å². The molecule has 43 heavy (non-hydrogen) atoms. The molecule has 0 aliphatic rings. The summed E-state index contributed by atoms with van der Waals surface area (Å²) in [6, 6.07) is 15.9. The number of aromatic nitrogens is 1. The van der Waals surface area contributed by atoms with Crippen LogP contribution in [0.5, 0.6) is 11.5 Å². The van der Waals surface area contributed by atoms with Crippen LogP contribution in [0.2, 0.25) is 10.0 Å². The molecule has 11 nitrogen and oxygen atoms in total. The van der Waals surface area contributed by atoms with Gasteiger partial charge in [-0.05, 0) is 67.3 Å². The smallest absolute Gasteiger partial charge is 0.412 e. The SMILES string of the molecule is Cc1ccc(S(=O)(=O)n2cc(CC(C)C)c3cc(Oc4c(Cl)cc(NN=C(C#N)C(=O)OC(N)=O)cc4Cl)ccc32)cc1. The Morgan fingerprint density at radius 1 is 1.09 bits per heavy atom. The highest BCUT2D eigenvalue weighted by atomic mass is 35.5.